The molecule has 0 radical (unpaired) electrons. The lowest BCUT2D eigenvalue weighted by Crippen LogP contribution is -1.87. The summed E-state index contributed by atoms with van der Waals surface area (Å²) < 4.78 is 5.20. The Hall–Kier alpha value is -1.53. The van der Waals surface area contributed by atoms with Crippen LogP contribution in [0.4, 0.5) is 0 Å². The quantitative estimate of drug-likeness (QED) is 0.735. The predicted octanol–water partition coefficient (Wildman–Crippen LogP) is 3.46. The summed E-state index contributed by atoms with van der Waals surface area (Å²) in [4.78, 5) is 8.99. The van der Waals surface area contributed by atoms with Crippen molar-refractivity contribution in [2.24, 2.45) is 0 Å². The third-order valence-corrected chi connectivity index (χ3v) is 4.10. The fraction of sp³-hybridized carbons (Fsp3) is 0.250. The molecule has 3 heterocycles. The van der Waals surface area contributed by atoms with Gasteiger partial charge in [0.05, 0.1) is 21.4 Å². The number of nitrogens with zero attached hydrogens (tertiary/aromatic N) is 3. The summed E-state index contributed by atoms with van der Waals surface area (Å²) in [7, 11) is 0. The molecule has 6 heteroatoms. The van der Waals surface area contributed by atoms with E-state index in [0.717, 1.165) is 39.3 Å². The number of aryl methyl sites for hydroxylation is 2. The van der Waals surface area contributed by atoms with Crippen LogP contribution in [0.5, 0.6) is 0 Å². The molecule has 0 aliphatic rings. The van der Waals surface area contributed by atoms with E-state index in [1.165, 1.54) is 0 Å². The molecule has 92 valence electrons. The van der Waals surface area contributed by atoms with Crippen molar-refractivity contribution in [1.82, 2.24) is 15.1 Å². The van der Waals surface area contributed by atoms with Gasteiger partial charge in [-0.3, -0.25) is 0 Å². The number of thiazole rings is 2. The fourth-order valence-corrected chi connectivity index (χ4v) is 3.05. The van der Waals surface area contributed by atoms with Crippen molar-refractivity contribution in [2.75, 3.05) is 0 Å². The van der Waals surface area contributed by atoms with Crippen molar-refractivity contribution < 1.29 is 4.52 Å². The lowest BCUT2D eigenvalue weighted by Gasteiger charge is -1.90. The largest absolute Gasteiger partial charge is 0.354 e. The van der Waals surface area contributed by atoms with Gasteiger partial charge >= 0.3 is 0 Å². The van der Waals surface area contributed by atoms with Crippen LogP contribution in [0.2, 0.25) is 0 Å². The van der Waals surface area contributed by atoms with E-state index in [9.17, 15) is 0 Å². The maximum Gasteiger partial charge on any atom is 0.186 e. The Kier molecular flexibility index (Phi) is 2.97. The Bertz CT molecular complexity index is 668. The van der Waals surface area contributed by atoms with Gasteiger partial charge in [0.1, 0.15) is 5.69 Å². The summed E-state index contributed by atoms with van der Waals surface area (Å²) in [6, 6.07) is 1.89. The molecule has 0 aromatic carbocycles. The molecule has 3 aromatic rings. The highest BCUT2D eigenvalue weighted by Gasteiger charge is 2.10. The van der Waals surface area contributed by atoms with E-state index >= 15 is 0 Å². The Morgan fingerprint density at radius 3 is 2.72 bits per heavy atom. The van der Waals surface area contributed by atoms with E-state index in [1.807, 2.05) is 25.3 Å². The average molecular weight is 277 g/mol. The third kappa shape index (κ3) is 2.34. The first-order valence-corrected chi connectivity index (χ1v) is 7.26. The van der Waals surface area contributed by atoms with Crippen LogP contribution in [0.3, 0.4) is 0 Å². The van der Waals surface area contributed by atoms with Crippen molar-refractivity contribution in [3.05, 3.63) is 38.2 Å². The molecule has 0 N–H and O–H groups in total. The molecular formula is C12H11N3OS2. The first-order chi connectivity index (χ1) is 8.70. The topological polar surface area (TPSA) is 51.8 Å². The second kappa shape index (κ2) is 4.62. The summed E-state index contributed by atoms with van der Waals surface area (Å²) in [6.07, 6.45) is 0.780. The van der Waals surface area contributed by atoms with E-state index in [4.69, 9.17) is 4.52 Å². The number of hydrogen-bond acceptors (Lipinski definition) is 6. The molecule has 0 spiro atoms. The third-order valence-electron chi connectivity index (χ3n) is 2.43. The van der Waals surface area contributed by atoms with Crippen LogP contribution in [-0.4, -0.2) is 15.1 Å². The summed E-state index contributed by atoms with van der Waals surface area (Å²) >= 11 is 3.29. The van der Waals surface area contributed by atoms with Crippen molar-refractivity contribution in [3.8, 4) is 11.5 Å². The minimum Gasteiger partial charge on any atom is -0.354 e. The zero-order valence-electron chi connectivity index (χ0n) is 10.0. The molecule has 4 nitrogen and oxygen atoms in total. The maximum atomic E-state index is 5.20. The van der Waals surface area contributed by atoms with Crippen LogP contribution >= 0.6 is 22.7 Å². The molecule has 0 saturated heterocycles. The Labute approximate surface area is 112 Å². The van der Waals surface area contributed by atoms with Gasteiger partial charge in [-0.1, -0.05) is 5.16 Å². The molecule has 0 saturated carbocycles. The first kappa shape index (κ1) is 11.6. The lowest BCUT2D eigenvalue weighted by atomic mass is 10.3. The van der Waals surface area contributed by atoms with Crippen molar-refractivity contribution in [1.29, 1.82) is 0 Å². The second-order valence-corrected chi connectivity index (χ2v) is 6.00. The molecule has 18 heavy (non-hydrogen) atoms. The van der Waals surface area contributed by atoms with Gasteiger partial charge in [0, 0.05) is 23.2 Å². The molecule has 0 unspecified atom stereocenters. The SMILES string of the molecule is Cc1cc(-c2csc(Cc3csc(C)n3)n2)on1. The zero-order chi connectivity index (χ0) is 12.5. The number of rotatable bonds is 3. The van der Waals surface area contributed by atoms with Crippen molar-refractivity contribution in [3.63, 3.8) is 0 Å². The second-order valence-electron chi connectivity index (χ2n) is 3.99. The fourth-order valence-electron chi connectivity index (χ4n) is 1.63. The average Bonchev–Trinajstić information content (AvgIpc) is 3.01. The maximum absolute atomic E-state index is 5.20. The van der Waals surface area contributed by atoms with E-state index in [2.05, 4.69) is 20.5 Å². The van der Waals surface area contributed by atoms with Gasteiger partial charge in [-0.05, 0) is 13.8 Å². The van der Waals surface area contributed by atoms with Gasteiger partial charge in [0.15, 0.2) is 5.76 Å². The van der Waals surface area contributed by atoms with Gasteiger partial charge in [-0.25, -0.2) is 9.97 Å². The van der Waals surface area contributed by atoms with Gasteiger partial charge < -0.3 is 4.52 Å². The number of hydrogen-bond donors (Lipinski definition) is 0. The molecule has 0 fully saturated rings. The molecule has 0 bridgehead atoms. The van der Waals surface area contributed by atoms with E-state index < -0.39 is 0 Å². The highest BCUT2D eigenvalue weighted by molar-refractivity contribution is 7.10. The highest BCUT2D eigenvalue weighted by Crippen LogP contribution is 2.24. The van der Waals surface area contributed by atoms with Crippen LogP contribution in [0.15, 0.2) is 21.3 Å². The molecule has 0 aliphatic heterocycles. The van der Waals surface area contributed by atoms with Gasteiger partial charge in [-0.15, -0.1) is 22.7 Å². The molecule has 0 amide bonds. The minimum absolute atomic E-state index is 0.726. The summed E-state index contributed by atoms with van der Waals surface area (Å²) in [5.74, 6) is 0.726. The molecule has 3 aromatic heterocycles. The Balaban J connectivity index is 1.81. The summed E-state index contributed by atoms with van der Waals surface area (Å²) in [6.45, 7) is 3.91. The van der Waals surface area contributed by atoms with Crippen LogP contribution in [0.25, 0.3) is 11.5 Å². The molecule has 0 atom stereocenters. The highest BCUT2D eigenvalue weighted by atomic mass is 32.1. The summed E-state index contributed by atoms with van der Waals surface area (Å²) in [5, 5.41) is 10.1. The van der Waals surface area contributed by atoms with E-state index in [1.54, 1.807) is 22.7 Å². The lowest BCUT2D eigenvalue weighted by molar-refractivity contribution is 0.426. The molecule has 3 rings (SSSR count). The van der Waals surface area contributed by atoms with E-state index in [0.29, 0.717) is 0 Å². The summed E-state index contributed by atoms with van der Waals surface area (Å²) in [5.41, 5.74) is 2.80. The van der Waals surface area contributed by atoms with Crippen LogP contribution in [0.1, 0.15) is 21.4 Å². The van der Waals surface area contributed by atoms with E-state index in [-0.39, 0.29) is 0 Å². The Morgan fingerprint density at radius 1 is 1.17 bits per heavy atom. The van der Waals surface area contributed by atoms with Gasteiger partial charge in [-0.2, -0.15) is 0 Å². The minimum atomic E-state index is 0.726. The van der Waals surface area contributed by atoms with Crippen molar-refractivity contribution in [2.45, 2.75) is 20.3 Å². The number of aromatic nitrogens is 3. The van der Waals surface area contributed by atoms with Crippen LogP contribution in [0, 0.1) is 13.8 Å². The first-order valence-electron chi connectivity index (χ1n) is 5.50. The normalized spacial score (nSPS) is 11.0. The van der Waals surface area contributed by atoms with Gasteiger partial charge in [0.2, 0.25) is 0 Å². The van der Waals surface area contributed by atoms with Crippen molar-refractivity contribution >= 4 is 22.7 Å². The van der Waals surface area contributed by atoms with Crippen LogP contribution in [-0.2, 0) is 6.42 Å². The Morgan fingerprint density at radius 2 is 2.06 bits per heavy atom. The van der Waals surface area contributed by atoms with Gasteiger partial charge in [0.25, 0.3) is 0 Å². The monoisotopic (exact) mass is 277 g/mol. The molecular weight excluding hydrogens is 266 g/mol. The molecule has 0 aliphatic carbocycles. The smallest absolute Gasteiger partial charge is 0.186 e. The standard InChI is InChI=1S/C12H11N3OS2/c1-7-3-11(16-15-7)10-6-18-12(14-10)4-9-5-17-8(2)13-9/h3,5-6H,4H2,1-2H3. The zero-order valence-corrected chi connectivity index (χ0v) is 11.6. The predicted molar refractivity (Wildman–Crippen MR) is 72.0 cm³/mol. The van der Waals surface area contributed by atoms with Crippen LogP contribution < -0.4 is 0 Å².